The Morgan fingerprint density at radius 1 is 1.33 bits per heavy atom. The SMILES string of the molecule is CCn1cc(NC(C)Cc2ccc(Br)cc2)cn1. The van der Waals surface area contributed by atoms with Gasteiger partial charge in [0.1, 0.15) is 0 Å². The van der Waals surface area contributed by atoms with E-state index in [1.165, 1.54) is 5.56 Å². The van der Waals surface area contributed by atoms with E-state index in [9.17, 15) is 0 Å². The van der Waals surface area contributed by atoms with Gasteiger partial charge in [-0.2, -0.15) is 5.10 Å². The van der Waals surface area contributed by atoms with E-state index >= 15 is 0 Å². The van der Waals surface area contributed by atoms with Gasteiger partial charge in [0.25, 0.3) is 0 Å². The molecule has 0 bridgehead atoms. The Morgan fingerprint density at radius 2 is 2.06 bits per heavy atom. The van der Waals surface area contributed by atoms with Gasteiger partial charge in [0.15, 0.2) is 0 Å². The van der Waals surface area contributed by atoms with Crippen molar-refractivity contribution in [3.63, 3.8) is 0 Å². The molecule has 3 nitrogen and oxygen atoms in total. The molecule has 4 heteroatoms. The van der Waals surface area contributed by atoms with E-state index in [1.54, 1.807) is 0 Å². The monoisotopic (exact) mass is 307 g/mol. The fraction of sp³-hybridized carbons (Fsp3) is 0.357. The first-order valence-electron chi connectivity index (χ1n) is 6.21. The average Bonchev–Trinajstić information content (AvgIpc) is 2.79. The van der Waals surface area contributed by atoms with Crippen LogP contribution in [0.1, 0.15) is 19.4 Å². The van der Waals surface area contributed by atoms with Gasteiger partial charge in [-0.3, -0.25) is 4.68 Å². The van der Waals surface area contributed by atoms with Crippen LogP contribution in [-0.2, 0) is 13.0 Å². The lowest BCUT2D eigenvalue weighted by Gasteiger charge is -2.13. The molecule has 2 rings (SSSR count). The first-order chi connectivity index (χ1) is 8.67. The maximum Gasteiger partial charge on any atom is 0.0728 e. The van der Waals surface area contributed by atoms with Crippen LogP contribution >= 0.6 is 15.9 Å². The summed E-state index contributed by atoms with van der Waals surface area (Å²) in [6.07, 6.45) is 4.92. The maximum absolute atomic E-state index is 4.25. The largest absolute Gasteiger partial charge is 0.380 e. The molecule has 0 fully saturated rings. The number of nitrogens with one attached hydrogen (secondary N) is 1. The first-order valence-corrected chi connectivity index (χ1v) is 7.00. The molecule has 0 amide bonds. The van der Waals surface area contributed by atoms with Crippen molar-refractivity contribution in [1.82, 2.24) is 9.78 Å². The van der Waals surface area contributed by atoms with Crippen molar-refractivity contribution in [2.24, 2.45) is 0 Å². The van der Waals surface area contributed by atoms with E-state index in [-0.39, 0.29) is 0 Å². The Labute approximate surface area is 116 Å². The Hall–Kier alpha value is -1.29. The standard InChI is InChI=1S/C14H18BrN3/c1-3-18-10-14(9-16-18)17-11(2)8-12-4-6-13(15)7-5-12/h4-7,9-11,17H,3,8H2,1-2H3. The van der Waals surface area contributed by atoms with Gasteiger partial charge in [-0.1, -0.05) is 28.1 Å². The normalized spacial score (nSPS) is 12.4. The van der Waals surface area contributed by atoms with Crippen molar-refractivity contribution in [1.29, 1.82) is 0 Å². The number of hydrogen-bond acceptors (Lipinski definition) is 2. The quantitative estimate of drug-likeness (QED) is 0.912. The molecule has 0 spiro atoms. The Morgan fingerprint density at radius 3 is 2.67 bits per heavy atom. The predicted octanol–water partition coefficient (Wildman–Crippen LogP) is 3.71. The molecule has 0 aliphatic rings. The third kappa shape index (κ3) is 3.60. The number of benzene rings is 1. The fourth-order valence-electron chi connectivity index (χ4n) is 1.92. The zero-order chi connectivity index (χ0) is 13.0. The molecule has 1 unspecified atom stereocenters. The van der Waals surface area contributed by atoms with Crippen LogP contribution in [0.15, 0.2) is 41.1 Å². The predicted molar refractivity (Wildman–Crippen MR) is 78.8 cm³/mol. The van der Waals surface area contributed by atoms with Gasteiger partial charge in [0.05, 0.1) is 11.9 Å². The highest BCUT2D eigenvalue weighted by atomic mass is 79.9. The Kier molecular flexibility index (Phi) is 4.42. The van der Waals surface area contributed by atoms with Crippen LogP contribution < -0.4 is 5.32 Å². The second kappa shape index (κ2) is 6.05. The number of aryl methyl sites for hydroxylation is 1. The molecule has 18 heavy (non-hydrogen) atoms. The summed E-state index contributed by atoms with van der Waals surface area (Å²) in [5.41, 5.74) is 2.42. The third-order valence-corrected chi connectivity index (χ3v) is 3.35. The van der Waals surface area contributed by atoms with Gasteiger partial charge in [-0.25, -0.2) is 0 Å². The van der Waals surface area contributed by atoms with Crippen molar-refractivity contribution < 1.29 is 0 Å². The topological polar surface area (TPSA) is 29.9 Å². The van der Waals surface area contributed by atoms with Crippen LogP contribution in [0.2, 0.25) is 0 Å². The number of anilines is 1. The Bertz CT molecular complexity index is 490. The van der Waals surface area contributed by atoms with Crippen LogP contribution in [0.4, 0.5) is 5.69 Å². The van der Waals surface area contributed by atoms with Crippen LogP contribution in [0.5, 0.6) is 0 Å². The van der Waals surface area contributed by atoms with Crippen LogP contribution in [0.3, 0.4) is 0 Å². The van der Waals surface area contributed by atoms with Crippen molar-refractivity contribution >= 4 is 21.6 Å². The molecule has 2 aromatic rings. The molecule has 0 saturated heterocycles. The summed E-state index contributed by atoms with van der Waals surface area (Å²) in [6, 6.07) is 8.85. The minimum absolute atomic E-state index is 0.390. The van der Waals surface area contributed by atoms with Crippen LogP contribution in [0.25, 0.3) is 0 Å². The van der Waals surface area contributed by atoms with Crippen molar-refractivity contribution in [2.75, 3.05) is 5.32 Å². The van der Waals surface area contributed by atoms with Crippen molar-refractivity contribution in [3.8, 4) is 0 Å². The lowest BCUT2D eigenvalue weighted by Crippen LogP contribution is -2.17. The van der Waals surface area contributed by atoms with E-state index in [0.29, 0.717) is 6.04 Å². The minimum atomic E-state index is 0.390. The molecule has 0 radical (unpaired) electrons. The summed E-state index contributed by atoms with van der Waals surface area (Å²) in [5.74, 6) is 0. The summed E-state index contributed by atoms with van der Waals surface area (Å²) in [5, 5.41) is 7.72. The molecule has 0 aliphatic carbocycles. The number of hydrogen-bond donors (Lipinski definition) is 1. The van der Waals surface area contributed by atoms with Crippen LogP contribution in [0, 0.1) is 0 Å². The highest BCUT2D eigenvalue weighted by Gasteiger charge is 2.05. The summed E-state index contributed by atoms with van der Waals surface area (Å²) in [4.78, 5) is 0. The summed E-state index contributed by atoms with van der Waals surface area (Å²) in [6.45, 7) is 5.18. The van der Waals surface area contributed by atoms with E-state index in [2.05, 4.69) is 64.5 Å². The maximum atomic E-state index is 4.25. The number of nitrogens with zero attached hydrogens (tertiary/aromatic N) is 2. The van der Waals surface area contributed by atoms with E-state index in [4.69, 9.17) is 0 Å². The molecular weight excluding hydrogens is 290 g/mol. The van der Waals surface area contributed by atoms with Gasteiger partial charge < -0.3 is 5.32 Å². The van der Waals surface area contributed by atoms with Gasteiger partial charge in [-0.15, -0.1) is 0 Å². The molecule has 1 aromatic heterocycles. The number of rotatable bonds is 5. The van der Waals surface area contributed by atoms with E-state index in [1.807, 2.05) is 17.1 Å². The molecule has 1 heterocycles. The van der Waals surface area contributed by atoms with Crippen molar-refractivity contribution in [2.45, 2.75) is 32.9 Å². The molecule has 1 aromatic carbocycles. The Balaban J connectivity index is 1.91. The highest BCUT2D eigenvalue weighted by Crippen LogP contribution is 2.14. The lowest BCUT2D eigenvalue weighted by molar-refractivity contribution is 0.659. The summed E-state index contributed by atoms with van der Waals surface area (Å²) >= 11 is 3.45. The number of halogens is 1. The zero-order valence-corrected chi connectivity index (χ0v) is 12.3. The molecule has 0 aliphatic heterocycles. The summed E-state index contributed by atoms with van der Waals surface area (Å²) in [7, 11) is 0. The molecule has 1 N–H and O–H groups in total. The first kappa shape index (κ1) is 13.1. The lowest BCUT2D eigenvalue weighted by atomic mass is 10.1. The second-order valence-corrected chi connectivity index (χ2v) is 5.38. The number of aromatic nitrogens is 2. The van der Waals surface area contributed by atoms with Crippen LogP contribution in [-0.4, -0.2) is 15.8 Å². The second-order valence-electron chi connectivity index (χ2n) is 4.46. The fourth-order valence-corrected chi connectivity index (χ4v) is 2.18. The third-order valence-electron chi connectivity index (χ3n) is 2.83. The molecule has 1 atom stereocenters. The van der Waals surface area contributed by atoms with Gasteiger partial charge in [-0.05, 0) is 38.0 Å². The van der Waals surface area contributed by atoms with Crippen molar-refractivity contribution in [3.05, 3.63) is 46.7 Å². The van der Waals surface area contributed by atoms with E-state index in [0.717, 1.165) is 23.1 Å². The average molecular weight is 308 g/mol. The van der Waals surface area contributed by atoms with E-state index < -0.39 is 0 Å². The smallest absolute Gasteiger partial charge is 0.0728 e. The summed E-state index contributed by atoms with van der Waals surface area (Å²) < 4.78 is 3.05. The van der Waals surface area contributed by atoms with Gasteiger partial charge >= 0.3 is 0 Å². The minimum Gasteiger partial charge on any atom is -0.380 e. The molecule has 96 valence electrons. The molecule has 0 saturated carbocycles. The zero-order valence-electron chi connectivity index (χ0n) is 10.7. The highest BCUT2D eigenvalue weighted by molar-refractivity contribution is 9.10. The molecular formula is C14H18BrN3. The van der Waals surface area contributed by atoms with Gasteiger partial charge in [0, 0.05) is 23.3 Å². The van der Waals surface area contributed by atoms with Gasteiger partial charge in [0.2, 0.25) is 0 Å².